The smallest absolute Gasteiger partial charge is 0.276 e. The topological polar surface area (TPSA) is 125 Å². The molecular formula is C21H18ClN7O3S. The minimum absolute atomic E-state index is 0.143. The van der Waals surface area contributed by atoms with Crippen molar-refractivity contribution in [2.75, 3.05) is 26.2 Å². The second kappa shape index (κ2) is 8.50. The van der Waals surface area contributed by atoms with Gasteiger partial charge in [-0.05, 0) is 42.5 Å². The third-order valence-corrected chi connectivity index (χ3v) is 7.31. The molecule has 33 heavy (non-hydrogen) atoms. The molecule has 10 nitrogen and oxygen atoms in total. The molecule has 1 fully saturated rings. The monoisotopic (exact) mass is 483 g/mol. The molecule has 1 saturated heterocycles. The van der Waals surface area contributed by atoms with Crippen LogP contribution in [0.1, 0.15) is 10.5 Å². The quantitative estimate of drug-likeness (QED) is 0.471. The van der Waals surface area contributed by atoms with Crippen LogP contribution in [0.15, 0.2) is 59.9 Å². The summed E-state index contributed by atoms with van der Waals surface area (Å²) < 4.78 is 27.4. The van der Waals surface area contributed by atoms with Gasteiger partial charge in [-0.2, -0.15) is 4.31 Å². The number of carbonyl (C=O) groups excluding carboxylic acids is 1. The first kappa shape index (κ1) is 21.4. The van der Waals surface area contributed by atoms with E-state index in [0.717, 1.165) is 0 Å². The lowest BCUT2D eigenvalue weighted by Gasteiger charge is -2.33. The van der Waals surface area contributed by atoms with Gasteiger partial charge in [0.15, 0.2) is 5.69 Å². The van der Waals surface area contributed by atoms with Crippen LogP contribution in [0.4, 0.5) is 0 Å². The first-order valence-corrected chi connectivity index (χ1v) is 11.9. The van der Waals surface area contributed by atoms with E-state index in [4.69, 9.17) is 11.6 Å². The van der Waals surface area contributed by atoms with Crippen LogP contribution in [0.25, 0.3) is 22.4 Å². The van der Waals surface area contributed by atoms with Gasteiger partial charge >= 0.3 is 0 Å². The number of rotatable bonds is 4. The van der Waals surface area contributed by atoms with Crippen molar-refractivity contribution in [3.05, 3.63) is 65.4 Å². The van der Waals surface area contributed by atoms with E-state index >= 15 is 0 Å². The molecule has 0 bridgehead atoms. The number of halogens is 1. The van der Waals surface area contributed by atoms with Crippen LogP contribution in [-0.4, -0.2) is 74.9 Å². The summed E-state index contributed by atoms with van der Waals surface area (Å²) in [6.45, 7) is 0.748. The zero-order valence-electron chi connectivity index (χ0n) is 17.2. The van der Waals surface area contributed by atoms with Gasteiger partial charge in [0, 0.05) is 37.4 Å². The second-order valence-electron chi connectivity index (χ2n) is 7.42. The zero-order chi connectivity index (χ0) is 23.0. The highest BCUT2D eigenvalue weighted by Crippen LogP contribution is 2.22. The third kappa shape index (κ3) is 4.17. The lowest BCUT2D eigenvalue weighted by molar-refractivity contribution is 0.0690. The Morgan fingerprint density at radius 1 is 0.970 bits per heavy atom. The number of piperazine rings is 1. The van der Waals surface area contributed by atoms with Crippen molar-refractivity contribution in [1.29, 1.82) is 0 Å². The highest BCUT2D eigenvalue weighted by Gasteiger charge is 2.33. The fraction of sp³-hybridized carbons (Fsp3) is 0.190. The van der Waals surface area contributed by atoms with E-state index in [0.29, 0.717) is 27.4 Å². The number of carbonyl (C=O) groups is 1. The second-order valence-corrected chi connectivity index (χ2v) is 9.71. The molecule has 4 heterocycles. The first-order valence-electron chi connectivity index (χ1n) is 10.1. The number of hydrogen-bond donors (Lipinski definition) is 1. The van der Waals surface area contributed by atoms with Crippen molar-refractivity contribution in [3.63, 3.8) is 0 Å². The predicted octanol–water partition coefficient (Wildman–Crippen LogP) is 2.21. The van der Waals surface area contributed by atoms with Crippen LogP contribution >= 0.6 is 11.6 Å². The van der Waals surface area contributed by atoms with Gasteiger partial charge < -0.3 is 9.88 Å². The summed E-state index contributed by atoms with van der Waals surface area (Å²) in [7, 11) is -3.84. The number of aromatic nitrogens is 5. The Balaban J connectivity index is 1.26. The number of aromatic amines is 1. The Morgan fingerprint density at radius 3 is 2.48 bits per heavy atom. The van der Waals surface area contributed by atoms with E-state index in [1.165, 1.54) is 4.31 Å². The predicted molar refractivity (Wildman–Crippen MR) is 121 cm³/mol. The van der Waals surface area contributed by atoms with Gasteiger partial charge in [-0.3, -0.25) is 9.78 Å². The summed E-state index contributed by atoms with van der Waals surface area (Å²) in [6.07, 6.45) is 1.66. The molecule has 1 aliphatic heterocycles. The number of imidazole rings is 1. The molecule has 0 radical (unpaired) electrons. The van der Waals surface area contributed by atoms with Crippen LogP contribution in [0.3, 0.4) is 0 Å². The summed E-state index contributed by atoms with van der Waals surface area (Å²) >= 11 is 5.96. The van der Waals surface area contributed by atoms with Gasteiger partial charge in [0.05, 0.1) is 16.7 Å². The molecule has 4 aromatic rings. The molecule has 0 atom stereocenters. The van der Waals surface area contributed by atoms with Crippen molar-refractivity contribution in [2.45, 2.75) is 5.16 Å². The fourth-order valence-electron chi connectivity index (χ4n) is 3.59. The number of benzene rings is 1. The van der Waals surface area contributed by atoms with Crippen molar-refractivity contribution < 1.29 is 13.2 Å². The molecule has 168 valence electrons. The van der Waals surface area contributed by atoms with Crippen LogP contribution < -0.4 is 0 Å². The van der Waals surface area contributed by atoms with E-state index in [2.05, 4.69) is 25.1 Å². The van der Waals surface area contributed by atoms with Crippen molar-refractivity contribution >= 4 is 38.6 Å². The molecule has 1 aromatic carbocycles. The third-order valence-electron chi connectivity index (χ3n) is 5.34. The molecule has 1 aliphatic rings. The van der Waals surface area contributed by atoms with E-state index in [9.17, 15) is 13.2 Å². The summed E-state index contributed by atoms with van der Waals surface area (Å²) in [5, 5.41) is 8.47. The molecule has 0 aliphatic carbocycles. The van der Waals surface area contributed by atoms with E-state index in [1.807, 2.05) is 12.1 Å². The van der Waals surface area contributed by atoms with Crippen LogP contribution in [-0.2, 0) is 10.0 Å². The lowest BCUT2D eigenvalue weighted by atomic mass is 10.2. The first-order chi connectivity index (χ1) is 15.9. The zero-order valence-corrected chi connectivity index (χ0v) is 18.8. The number of hydrogen-bond acceptors (Lipinski definition) is 7. The molecule has 3 aromatic heterocycles. The summed E-state index contributed by atoms with van der Waals surface area (Å²) in [5.74, 6) is -0.300. The van der Waals surface area contributed by atoms with Crippen LogP contribution in [0, 0.1) is 0 Å². The van der Waals surface area contributed by atoms with E-state index in [1.54, 1.807) is 47.5 Å². The maximum atomic E-state index is 13.0. The molecule has 0 saturated carbocycles. The highest BCUT2D eigenvalue weighted by atomic mass is 35.5. The molecule has 5 rings (SSSR count). The summed E-state index contributed by atoms with van der Waals surface area (Å²) in [6, 6.07) is 13.7. The Hall–Kier alpha value is -3.41. The van der Waals surface area contributed by atoms with Crippen LogP contribution in [0.5, 0.6) is 0 Å². The van der Waals surface area contributed by atoms with Crippen molar-refractivity contribution in [3.8, 4) is 11.4 Å². The lowest BCUT2D eigenvalue weighted by Crippen LogP contribution is -2.50. The molecule has 1 amide bonds. The maximum absolute atomic E-state index is 13.0. The number of pyridine rings is 1. The standard InChI is InChI=1S/C21H18ClN7O3S/c22-14-4-5-16-19(13-14)25-21(24-16)33(31,32)29-11-9-28(10-12-29)20(30)18-7-6-17(26-27-18)15-3-1-2-8-23-15/h1-8,13H,9-12H2,(H,24,25). The number of H-pyrrole nitrogens is 1. The number of nitrogens with one attached hydrogen (secondary N) is 1. The fourth-order valence-corrected chi connectivity index (χ4v) is 5.10. The summed E-state index contributed by atoms with van der Waals surface area (Å²) in [4.78, 5) is 25.6. The van der Waals surface area contributed by atoms with Gasteiger partial charge in [-0.15, -0.1) is 10.2 Å². The normalized spacial score (nSPS) is 15.1. The van der Waals surface area contributed by atoms with Gasteiger partial charge in [0.1, 0.15) is 5.69 Å². The van der Waals surface area contributed by atoms with Crippen molar-refractivity contribution in [2.24, 2.45) is 0 Å². The molecular weight excluding hydrogens is 466 g/mol. The van der Waals surface area contributed by atoms with Crippen molar-refractivity contribution in [1.82, 2.24) is 34.4 Å². The molecule has 0 unspecified atom stereocenters. The van der Waals surface area contributed by atoms with Gasteiger partial charge in [-0.1, -0.05) is 17.7 Å². The number of nitrogens with zero attached hydrogens (tertiary/aromatic N) is 6. The Bertz CT molecular complexity index is 1420. The van der Waals surface area contributed by atoms with Gasteiger partial charge in [-0.25, -0.2) is 13.4 Å². The largest absolute Gasteiger partial charge is 0.335 e. The Kier molecular flexibility index (Phi) is 5.52. The number of fused-ring (bicyclic) bond motifs is 1. The van der Waals surface area contributed by atoms with E-state index in [-0.39, 0.29) is 42.9 Å². The molecule has 0 spiro atoms. The minimum atomic E-state index is -3.84. The maximum Gasteiger partial charge on any atom is 0.276 e. The van der Waals surface area contributed by atoms with Gasteiger partial charge in [0.25, 0.3) is 15.9 Å². The van der Waals surface area contributed by atoms with Gasteiger partial charge in [0.2, 0.25) is 5.16 Å². The Morgan fingerprint density at radius 2 is 1.79 bits per heavy atom. The average molecular weight is 484 g/mol. The molecule has 1 N–H and O–H groups in total. The summed E-state index contributed by atoms with van der Waals surface area (Å²) in [5.41, 5.74) is 2.48. The number of amides is 1. The molecule has 12 heteroatoms. The minimum Gasteiger partial charge on any atom is -0.335 e. The highest BCUT2D eigenvalue weighted by molar-refractivity contribution is 7.89. The Labute approximate surface area is 194 Å². The average Bonchev–Trinajstić information content (AvgIpc) is 3.28. The van der Waals surface area contributed by atoms with Crippen LogP contribution in [0.2, 0.25) is 5.02 Å². The van der Waals surface area contributed by atoms with E-state index < -0.39 is 10.0 Å². The SMILES string of the molecule is O=C(c1ccc(-c2ccccn2)nn1)N1CCN(S(=O)(=O)c2nc3cc(Cl)ccc3[nH]2)CC1. The number of sulfonamides is 1.